The molecule has 7 heteroatoms. The van der Waals surface area contributed by atoms with Crippen molar-refractivity contribution in [3.8, 4) is 0 Å². The fourth-order valence-electron chi connectivity index (χ4n) is 1.68. The summed E-state index contributed by atoms with van der Waals surface area (Å²) in [6.07, 6.45) is 5.00. The molecule has 0 aliphatic carbocycles. The summed E-state index contributed by atoms with van der Waals surface area (Å²) >= 11 is 0. The average Bonchev–Trinajstić information content (AvgIpc) is 2.65. The molecule has 90 valence electrons. The standard InChI is InChI=1S/C9H16N4O2S/c1-2-3-6-16(14,15)12-7-9(8-12)13-5-4-10-11-13/h4-5,9H,2-3,6-8H2,1H3. The van der Waals surface area contributed by atoms with Gasteiger partial charge < -0.3 is 0 Å². The summed E-state index contributed by atoms with van der Waals surface area (Å²) in [5, 5.41) is 7.57. The Morgan fingerprint density at radius 1 is 1.44 bits per heavy atom. The first kappa shape index (κ1) is 11.5. The highest BCUT2D eigenvalue weighted by molar-refractivity contribution is 7.89. The van der Waals surface area contributed by atoms with E-state index in [1.165, 1.54) is 4.31 Å². The molecule has 1 aliphatic rings. The lowest BCUT2D eigenvalue weighted by molar-refractivity contribution is 0.189. The molecule has 2 rings (SSSR count). The van der Waals surface area contributed by atoms with Gasteiger partial charge in [-0.25, -0.2) is 13.1 Å². The molecular formula is C9H16N4O2S. The van der Waals surface area contributed by atoms with Crippen LogP contribution in [0.1, 0.15) is 25.8 Å². The van der Waals surface area contributed by atoms with Gasteiger partial charge in [0.2, 0.25) is 10.0 Å². The molecule has 0 atom stereocenters. The summed E-state index contributed by atoms with van der Waals surface area (Å²) in [5.74, 6) is 0.258. The van der Waals surface area contributed by atoms with E-state index < -0.39 is 10.0 Å². The zero-order valence-corrected chi connectivity index (χ0v) is 10.1. The van der Waals surface area contributed by atoms with E-state index >= 15 is 0 Å². The molecular weight excluding hydrogens is 228 g/mol. The average molecular weight is 244 g/mol. The van der Waals surface area contributed by atoms with Crippen LogP contribution in [0, 0.1) is 0 Å². The van der Waals surface area contributed by atoms with E-state index in [4.69, 9.17) is 0 Å². The summed E-state index contributed by atoms with van der Waals surface area (Å²) in [6.45, 7) is 3.04. The first-order valence-corrected chi connectivity index (χ1v) is 7.08. The second-order valence-electron chi connectivity index (χ2n) is 4.02. The van der Waals surface area contributed by atoms with Crippen molar-refractivity contribution in [2.75, 3.05) is 18.8 Å². The Hall–Kier alpha value is -0.950. The van der Waals surface area contributed by atoms with Gasteiger partial charge in [-0.15, -0.1) is 5.10 Å². The Labute approximate surface area is 95.3 Å². The van der Waals surface area contributed by atoms with Gasteiger partial charge in [0.25, 0.3) is 0 Å². The van der Waals surface area contributed by atoms with Crippen LogP contribution in [0.5, 0.6) is 0 Å². The van der Waals surface area contributed by atoms with E-state index in [-0.39, 0.29) is 11.8 Å². The van der Waals surface area contributed by atoms with Gasteiger partial charge in [0.05, 0.1) is 18.0 Å². The Bertz CT molecular complexity index is 422. The van der Waals surface area contributed by atoms with Crippen LogP contribution in [0.2, 0.25) is 0 Å². The molecule has 1 aromatic rings. The van der Waals surface area contributed by atoms with Crippen molar-refractivity contribution in [3.63, 3.8) is 0 Å². The van der Waals surface area contributed by atoms with Crippen molar-refractivity contribution < 1.29 is 8.42 Å². The summed E-state index contributed by atoms with van der Waals surface area (Å²) in [6, 6.07) is 0.152. The Morgan fingerprint density at radius 2 is 2.19 bits per heavy atom. The van der Waals surface area contributed by atoms with Crippen molar-refractivity contribution in [3.05, 3.63) is 12.4 Å². The van der Waals surface area contributed by atoms with E-state index in [1.54, 1.807) is 17.1 Å². The molecule has 0 spiro atoms. The van der Waals surface area contributed by atoms with Gasteiger partial charge in [-0.05, 0) is 6.42 Å². The van der Waals surface area contributed by atoms with Crippen LogP contribution in [-0.2, 0) is 10.0 Å². The van der Waals surface area contributed by atoms with Crippen LogP contribution in [0.4, 0.5) is 0 Å². The van der Waals surface area contributed by atoms with Crippen LogP contribution in [0.25, 0.3) is 0 Å². The first-order valence-electron chi connectivity index (χ1n) is 5.47. The lowest BCUT2D eigenvalue weighted by Crippen LogP contribution is -2.51. The van der Waals surface area contributed by atoms with Gasteiger partial charge in [0.1, 0.15) is 0 Å². The van der Waals surface area contributed by atoms with Gasteiger partial charge >= 0.3 is 0 Å². The van der Waals surface area contributed by atoms with Gasteiger partial charge in [0.15, 0.2) is 0 Å². The number of sulfonamides is 1. The zero-order valence-electron chi connectivity index (χ0n) is 9.28. The summed E-state index contributed by atoms with van der Waals surface area (Å²) in [7, 11) is -3.04. The highest BCUT2D eigenvalue weighted by Crippen LogP contribution is 2.23. The summed E-state index contributed by atoms with van der Waals surface area (Å²) < 4.78 is 26.8. The second kappa shape index (κ2) is 4.50. The Kier molecular flexibility index (Phi) is 3.25. The van der Waals surface area contributed by atoms with Crippen molar-refractivity contribution in [2.45, 2.75) is 25.8 Å². The maximum absolute atomic E-state index is 11.8. The maximum atomic E-state index is 11.8. The molecule has 1 aromatic heterocycles. The molecule has 0 radical (unpaired) electrons. The fourth-order valence-corrected chi connectivity index (χ4v) is 3.39. The van der Waals surface area contributed by atoms with Crippen LogP contribution >= 0.6 is 0 Å². The molecule has 16 heavy (non-hydrogen) atoms. The van der Waals surface area contributed by atoms with Crippen LogP contribution < -0.4 is 0 Å². The van der Waals surface area contributed by atoms with Gasteiger partial charge in [-0.1, -0.05) is 18.6 Å². The zero-order chi connectivity index (χ0) is 11.6. The van der Waals surface area contributed by atoms with Gasteiger partial charge in [0, 0.05) is 19.3 Å². The van der Waals surface area contributed by atoms with E-state index in [2.05, 4.69) is 10.3 Å². The predicted octanol–water partition coefficient (Wildman–Crippen LogP) is 0.265. The smallest absolute Gasteiger partial charge is 0.214 e. The second-order valence-corrected chi connectivity index (χ2v) is 6.11. The highest BCUT2D eigenvalue weighted by Gasteiger charge is 2.36. The van der Waals surface area contributed by atoms with Crippen molar-refractivity contribution in [1.29, 1.82) is 0 Å². The van der Waals surface area contributed by atoms with Crippen LogP contribution in [0.3, 0.4) is 0 Å². The number of rotatable bonds is 5. The SMILES string of the molecule is CCCCS(=O)(=O)N1CC(n2ccnn2)C1. The normalized spacial score (nSPS) is 18.6. The lowest BCUT2D eigenvalue weighted by Gasteiger charge is -2.37. The molecule has 2 heterocycles. The predicted molar refractivity (Wildman–Crippen MR) is 59.3 cm³/mol. The molecule has 0 N–H and O–H groups in total. The number of hydrogen-bond acceptors (Lipinski definition) is 4. The van der Waals surface area contributed by atoms with E-state index in [0.717, 1.165) is 12.8 Å². The largest absolute Gasteiger partial charge is 0.247 e. The molecule has 6 nitrogen and oxygen atoms in total. The molecule has 1 saturated heterocycles. The Morgan fingerprint density at radius 3 is 2.75 bits per heavy atom. The summed E-state index contributed by atoms with van der Waals surface area (Å²) in [5.41, 5.74) is 0. The molecule has 1 aliphatic heterocycles. The third-order valence-corrected chi connectivity index (χ3v) is 4.68. The first-order chi connectivity index (χ1) is 7.63. The third-order valence-electron chi connectivity index (χ3n) is 2.79. The van der Waals surface area contributed by atoms with E-state index in [0.29, 0.717) is 13.1 Å². The number of hydrogen-bond donors (Lipinski definition) is 0. The fraction of sp³-hybridized carbons (Fsp3) is 0.778. The quantitative estimate of drug-likeness (QED) is 0.745. The number of aromatic nitrogens is 3. The molecule has 1 fully saturated rings. The molecule has 0 saturated carbocycles. The monoisotopic (exact) mass is 244 g/mol. The number of nitrogens with zero attached hydrogens (tertiary/aromatic N) is 4. The van der Waals surface area contributed by atoms with Crippen molar-refractivity contribution >= 4 is 10.0 Å². The molecule has 0 aromatic carbocycles. The minimum atomic E-state index is -3.04. The van der Waals surface area contributed by atoms with Crippen molar-refractivity contribution in [2.24, 2.45) is 0 Å². The van der Waals surface area contributed by atoms with E-state index in [1.807, 2.05) is 6.92 Å². The minimum Gasteiger partial charge on any atom is -0.247 e. The minimum absolute atomic E-state index is 0.152. The lowest BCUT2D eigenvalue weighted by atomic mass is 10.2. The molecule has 0 amide bonds. The topological polar surface area (TPSA) is 68.1 Å². The third kappa shape index (κ3) is 2.25. The number of unbranched alkanes of at least 4 members (excludes halogenated alkanes) is 1. The summed E-state index contributed by atoms with van der Waals surface area (Å²) in [4.78, 5) is 0. The highest BCUT2D eigenvalue weighted by atomic mass is 32.2. The molecule has 0 unspecified atom stereocenters. The van der Waals surface area contributed by atoms with Crippen molar-refractivity contribution in [1.82, 2.24) is 19.3 Å². The van der Waals surface area contributed by atoms with Gasteiger partial charge in [-0.3, -0.25) is 0 Å². The molecule has 0 bridgehead atoms. The van der Waals surface area contributed by atoms with Gasteiger partial charge in [-0.2, -0.15) is 4.31 Å². The van der Waals surface area contributed by atoms with Crippen LogP contribution in [0.15, 0.2) is 12.4 Å². The Balaban J connectivity index is 1.88. The maximum Gasteiger partial charge on any atom is 0.214 e. The van der Waals surface area contributed by atoms with E-state index in [9.17, 15) is 8.42 Å². The van der Waals surface area contributed by atoms with Crippen LogP contribution in [-0.4, -0.2) is 46.6 Å².